The lowest BCUT2D eigenvalue weighted by molar-refractivity contribution is -0.141. The van der Waals surface area contributed by atoms with Gasteiger partial charge in [0.1, 0.15) is 5.82 Å². The molecule has 8 heteroatoms. The number of H-pyrrole nitrogens is 1. The highest BCUT2D eigenvalue weighted by Crippen LogP contribution is 2.04. The molecule has 1 unspecified atom stereocenters. The summed E-state index contributed by atoms with van der Waals surface area (Å²) < 4.78 is 0. The van der Waals surface area contributed by atoms with Gasteiger partial charge in [0.25, 0.3) is 0 Å². The van der Waals surface area contributed by atoms with Crippen molar-refractivity contribution in [3.05, 3.63) is 11.6 Å². The van der Waals surface area contributed by atoms with Gasteiger partial charge in [-0.25, -0.2) is 9.78 Å². The van der Waals surface area contributed by atoms with Gasteiger partial charge in [-0.2, -0.15) is 5.10 Å². The summed E-state index contributed by atoms with van der Waals surface area (Å²) in [5, 5.41) is 18.1. The van der Waals surface area contributed by atoms with Gasteiger partial charge in [0.2, 0.25) is 0 Å². The van der Waals surface area contributed by atoms with E-state index in [1.54, 1.807) is 20.9 Å². The summed E-state index contributed by atoms with van der Waals surface area (Å²) in [6.45, 7) is 4.22. The Balaban J connectivity index is 2.23. The molecule has 0 radical (unpaired) electrons. The maximum absolute atomic E-state index is 11.8. The van der Waals surface area contributed by atoms with Crippen molar-refractivity contribution in [3.63, 3.8) is 0 Å². The number of hydrogen-bond donors (Lipinski definition) is 3. The topological polar surface area (TPSA) is 111 Å². The van der Waals surface area contributed by atoms with Gasteiger partial charge in [0, 0.05) is 13.6 Å². The van der Waals surface area contributed by atoms with E-state index in [0.29, 0.717) is 37.6 Å². The van der Waals surface area contributed by atoms with E-state index in [2.05, 4.69) is 20.5 Å². The summed E-state index contributed by atoms with van der Waals surface area (Å²) in [4.78, 5) is 28.0. The number of carbonyl (C=O) groups excluding carboxylic acids is 1. The molecule has 1 atom stereocenters. The molecule has 0 aliphatic heterocycles. The Hall–Kier alpha value is -2.12. The Kier molecular flexibility index (Phi) is 5.95. The number of urea groups is 1. The van der Waals surface area contributed by atoms with Crippen molar-refractivity contribution < 1.29 is 14.7 Å². The molecule has 112 valence electrons. The molecule has 0 saturated carbocycles. The number of carboxylic acids is 1. The van der Waals surface area contributed by atoms with Crippen molar-refractivity contribution in [2.75, 3.05) is 13.6 Å². The second kappa shape index (κ2) is 7.46. The predicted octanol–water partition coefficient (Wildman–Crippen LogP) is 0.755. The Bertz CT molecular complexity index is 460. The number of aryl methyl sites for hydroxylation is 1. The fourth-order valence-electron chi connectivity index (χ4n) is 1.61. The highest BCUT2D eigenvalue weighted by Gasteiger charge is 2.12. The van der Waals surface area contributed by atoms with Gasteiger partial charge in [-0.05, 0) is 19.8 Å². The first-order chi connectivity index (χ1) is 9.40. The van der Waals surface area contributed by atoms with Crippen molar-refractivity contribution >= 4 is 12.0 Å². The molecule has 0 aliphatic rings. The standard InChI is InChI=1S/C12H21N5O3/c1-8(11(18)19)5-4-6-13-12(20)17(3)7-10-14-9(2)15-16-10/h8H,4-7H2,1-3H3,(H,13,20)(H,18,19)(H,14,15,16). The molecule has 0 bridgehead atoms. The van der Waals surface area contributed by atoms with Crippen LogP contribution in [0.4, 0.5) is 4.79 Å². The van der Waals surface area contributed by atoms with Crippen molar-refractivity contribution in [1.82, 2.24) is 25.4 Å². The molecule has 0 aromatic carbocycles. The molecule has 2 amide bonds. The predicted molar refractivity (Wildman–Crippen MR) is 72.0 cm³/mol. The second-order valence-corrected chi connectivity index (χ2v) is 4.81. The highest BCUT2D eigenvalue weighted by molar-refractivity contribution is 5.73. The van der Waals surface area contributed by atoms with E-state index >= 15 is 0 Å². The van der Waals surface area contributed by atoms with Crippen LogP contribution in [0.5, 0.6) is 0 Å². The molecule has 0 aliphatic carbocycles. The molecule has 1 aromatic heterocycles. The molecule has 8 nitrogen and oxygen atoms in total. The average Bonchev–Trinajstić information content (AvgIpc) is 2.79. The maximum atomic E-state index is 11.8. The van der Waals surface area contributed by atoms with E-state index in [4.69, 9.17) is 5.11 Å². The smallest absolute Gasteiger partial charge is 0.317 e. The van der Waals surface area contributed by atoms with Crippen LogP contribution in [0, 0.1) is 12.8 Å². The van der Waals surface area contributed by atoms with E-state index in [1.807, 2.05) is 0 Å². The first kappa shape index (κ1) is 15.9. The van der Waals surface area contributed by atoms with Crippen LogP contribution in [0.25, 0.3) is 0 Å². The third kappa shape index (κ3) is 5.25. The number of nitrogens with one attached hydrogen (secondary N) is 2. The normalized spacial score (nSPS) is 11.9. The van der Waals surface area contributed by atoms with Gasteiger partial charge < -0.3 is 15.3 Å². The molecular weight excluding hydrogens is 262 g/mol. The lowest BCUT2D eigenvalue weighted by Gasteiger charge is -2.16. The number of carbonyl (C=O) groups is 2. The first-order valence-corrected chi connectivity index (χ1v) is 6.49. The van der Waals surface area contributed by atoms with Crippen LogP contribution in [-0.4, -0.2) is 50.8 Å². The van der Waals surface area contributed by atoms with Crippen molar-refractivity contribution in [2.24, 2.45) is 5.92 Å². The molecule has 1 heterocycles. The molecule has 0 spiro atoms. The summed E-state index contributed by atoms with van der Waals surface area (Å²) >= 11 is 0. The fourth-order valence-corrected chi connectivity index (χ4v) is 1.61. The summed E-state index contributed by atoms with van der Waals surface area (Å²) in [5.74, 6) is 0.0606. The Morgan fingerprint density at radius 1 is 1.50 bits per heavy atom. The van der Waals surface area contributed by atoms with Crippen LogP contribution >= 0.6 is 0 Å². The molecule has 20 heavy (non-hydrogen) atoms. The first-order valence-electron chi connectivity index (χ1n) is 6.49. The van der Waals surface area contributed by atoms with E-state index in [1.165, 1.54) is 4.90 Å². The maximum Gasteiger partial charge on any atom is 0.317 e. The molecule has 1 aromatic rings. The summed E-state index contributed by atoms with van der Waals surface area (Å²) in [6, 6.07) is -0.226. The minimum atomic E-state index is -0.812. The van der Waals surface area contributed by atoms with Crippen molar-refractivity contribution in [2.45, 2.75) is 33.2 Å². The number of rotatable bonds is 7. The van der Waals surface area contributed by atoms with Crippen LogP contribution in [0.3, 0.4) is 0 Å². The Labute approximate surface area is 117 Å². The SMILES string of the molecule is Cc1nc(CN(C)C(=O)NCCCC(C)C(=O)O)n[nH]1. The van der Waals surface area contributed by atoms with E-state index in [-0.39, 0.29) is 11.9 Å². The number of amides is 2. The van der Waals surface area contributed by atoms with Crippen LogP contribution in [-0.2, 0) is 11.3 Å². The van der Waals surface area contributed by atoms with E-state index < -0.39 is 5.97 Å². The van der Waals surface area contributed by atoms with Crippen molar-refractivity contribution in [1.29, 1.82) is 0 Å². The largest absolute Gasteiger partial charge is 0.481 e. The van der Waals surface area contributed by atoms with E-state index in [9.17, 15) is 9.59 Å². The third-order valence-corrected chi connectivity index (χ3v) is 2.88. The molecule has 0 fully saturated rings. The fraction of sp³-hybridized carbons (Fsp3) is 0.667. The van der Waals surface area contributed by atoms with Crippen LogP contribution in [0.1, 0.15) is 31.4 Å². The minimum Gasteiger partial charge on any atom is -0.481 e. The molecular formula is C12H21N5O3. The Morgan fingerprint density at radius 2 is 2.20 bits per heavy atom. The van der Waals surface area contributed by atoms with E-state index in [0.717, 1.165) is 0 Å². The highest BCUT2D eigenvalue weighted by atomic mass is 16.4. The lowest BCUT2D eigenvalue weighted by atomic mass is 10.1. The number of hydrogen-bond acceptors (Lipinski definition) is 4. The van der Waals surface area contributed by atoms with Gasteiger partial charge >= 0.3 is 12.0 Å². The van der Waals surface area contributed by atoms with Gasteiger partial charge in [0.05, 0.1) is 12.5 Å². The lowest BCUT2D eigenvalue weighted by Crippen LogP contribution is -2.37. The molecule has 0 saturated heterocycles. The summed E-state index contributed by atoms with van der Waals surface area (Å²) in [5.41, 5.74) is 0. The zero-order valence-corrected chi connectivity index (χ0v) is 12.0. The number of aromatic nitrogens is 3. The minimum absolute atomic E-state index is 0.226. The third-order valence-electron chi connectivity index (χ3n) is 2.88. The quantitative estimate of drug-likeness (QED) is 0.639. The Morgan fingerprint density at radius 3 is 2.75 bits per heavy atom. The van der Waals surface area contributed by atoms with Crippen LogP contribution in [0.2, 0.25) is 0 Å². The number of aromatic amines is 1. The zero-order valence-electron chi connectivity index (χ0n) is 12.0. The summed E-state index contributed by atoms with van der Waals surface area (Å²) in [7, 11) is 1.65. The molecule has 1 rings (SSSR count). The average molecular weight is 283 g/mol. The van der Waals surface area contributed by atoms with Gasteiger partial charge in [-0.15, -0.1) is 0 Å². The van der Waals surface area contributed by atoms with Gasteiger partial charge in [-0.1, -0.05) is 6.92 Å². The number of carboxylic acid groups (broad SMARTS) is 1. The summed E-state index contributed by atoms with van der Waals surface area (Å²) in [6.07, 6.45) is 1.17. The monoisotopic (exact) mass is 283 g/mol. The zero-order chi connectivity index (χ0) is 15.1. The second-order valence-electron chi connectivity index (χ2n) is 4.81. The van der Waals surface area contributed by atoms with Gasteiger partial charge in [-0.3, -0.25) is 9.89 Å². The van der Waals surface area contributed by atoms with Gasteiger partial charge in [0.15, 0.2) is 5.82 Å². The number of nitrogens with zero attached hydrogens (tertiary/aromatic N) is 3. The number of aliphatic carboxylic acids is 1. The van der Waals surface area contributed by atoms with Crippen LogP contribution < -0.4 is 5.32 Å². The van der Waals surface area contributed by atoms with Crippen molar-refractivity contribution in [3.8, 4) is 0 Å². The molecule has 3 N–H and O–H groups in total. The van der Waals surface area contributed by atoms with Crippen LogP contribution in [0.15, 0.2) is 0 Å².